The van der Waals surface area contributed by atoms with Gasteiger partial charge in [0.2, 0.25) is 5.91 Å². The summed E-state index contributed by atoms with van der Waals surface area (Å²) < 4.78 is 0.940. The third-order valence-electron chi connectivity index (χ3n) is 2.26. The van der Waals surface area contributed by atoms with Gasteiger partial charge >= 0.3 is 12.0 Å². The first-order valence-electron chi connectivity index (χ1n) is 5.25. The first-order valence-corrected chi connectivity index (χ1v) is 6.83. The van der Waals surface area contributed by atoms with E-state index in [0.717, 1.165) is 4.90 Å². The molecule has 0 aliphatic carbocycles. The van der Waals surface area contributed by atoms with Crippen LogP contribution in [0.2, 0.25) is 0 Å². The molecule has 0 aliphatic heterocycles. The monoisotopic (exact) mass is 407 g/mol. The second kappa shape index (κ2) is 6.71. The van der Waals surface area contributed by atoms with E-state index in [1.165, 1.54) is 13.1 Å². The van der Waals surface area contributed by atoms with E-state index >= 15 is 0 Å². The highest BCUT2D eigenvalue weighted by atomic mass is 79.9. The zero-order valence-electron chi connectivity index (χ0n) is 10.3. The Labute approximate surface area is 131 Å². The summed E-state index contributed by atoms with van der Waals surface area (Å²) in [5.41, 5.74) is 4.99. The topological polar surface area (TPSA) is 113 Å². The van der Waals surface area contributed by atoms with Gasteiger partial charge < -0.3 is 21.1 Å². The van der Waals surface area contributed by atoms with Crippen LogP contribution >= 0.6 is 31.9 Å². The van der Waals surface area contributed by atoms with Gasteiger partial charge in [-0.15, -0.1) is 0 Å². The van der Waals surface area contributed by atoms with Crippen molar-refractivity contribution in [3.8, 4) is 0 Å². The molecule has 0 heterocycles. The number of nitrogens with one attached hydrogen (secondary N) is 1. The molecule has 0 radical (unpaired) electrons. The number of carbonyl (C=O) groups excluding carboxylic acids is 2. The Bertz CT molecular complexity index is 577. The molecule has 0 saturated heterocycles. The zero-order chi connectivity index (χ0) is 15.4. The molecule has 4 N–H and O–H groups in total. The van der Waals surface area contributed by atoms with E-state index in [-0.39, 0.29) is 17.8 Å². The van der Waals surface area contributed by atoms with E-state index in [9.17, 15) is 14.4 Å². The average Bonchev–Trinajstić information content (AvgIpc) is 2.30. The van der Waals surface area contributed by atoms with Crippen molar-refractivity contribution >= 4 is 55.5 Å². The SMILES string of the molecule is CN(CC(N)=O)C(=O)Nc1c(Br)cc(Br)cc1C(=O)O. The number of halogens is 2. The summed E-state index contributed by atoms with van der Waals surface area (Å²) in [6.45, 7) is -0.275. The van der Waals surface area contributed by atoms with Gasteiger partial charge in [-0.25, -0.2) is 9.59 Å². The van der Waals surface area contributed by atoms with Gasteiger partial charge in [0.15, 0.2) is 0 Å². The minimum Gasteiger partial charge on any atom is -0.478 e. The van der Waals surface area contributed by atoms with Gasteiger partial charge in [-0.2, -0.15) is 0 Å². The Hall–Kier alpha value is -1.61. The first kappa shape index (κ1) is 16.4. The molecule has 108 valence electrons. The molecule has 0 aliphatic rings. The second-order valence-corrected chi connectivity index (χ2v) is 5.64. The highest BCUT2D eigenvalue weighted by molar-refractivity contribution is 9.11. The predicted octanol–water partition coefficient (Wildman–Crippen LogP) is 1.86. The van der Waals surface area contributed by atoms with Crippen LogP contribution < -0.4 is 11.1 Å². The number of rotatable bonds is 4. The van der Waals surface area contributed by atoms with Gasteiger partial charge in [-0.1, -0.05) is 15.9 Å². The van der Waals surface area contributed by atoms with Crippen LogP contribution in [0.15, 0.2) is 21.1 Å². The summed E-state index contributed by atoms with van der Waals surface area (Å²) in [6.07, 6.45) is 0. The number of hydrogen-bond acceptors (Lipinski definition) is 3. The van der Waals surface area contributed by atoms with Crippen molar-refractivity contribution in [2.24, 2.45) is 5.73 Å². The average molecular weight is 409 g/mol. The molecule has 0 aromatic heterocycles. The molecule has 0 bridgehead atoms. The number of carboxylic acid groups (broad SMARTS) is 1. The normalized spacial score (nSPS) is 9.95. The number of hydrogen-bond donors (Lipinski definition) is 3. The lowest BCUT2D eigenvalue weighted by molar-refractivity contribution is -0.118. The number of carboxylic acids is 1. The van der Waals surface area contributed by atoms with Crippen LogP contribution in [0.1, 0.15) is 10.4 Å². The molecule has 1 aromatic carbocycles. The van der Waals surface area contributed by atoms with E-state index in [1.807, 2.05) is 0 Å². The maximum absolute atomic E-state index is 11.8. The largest absolute Gasteiger partial charge is 0.478 e. The highest BCUT2D eigenvalue weighted by Gasteiger charge is 2.19. The van der Waals surface area contributed by atoms with Crippen LogP contribution in [0.5, 0.6) is 0 Å². The lowest BCUT2D eigenvalue weighted by atomic mass is 10.2. The fourth-order valence-electron chi connectivity index (χ4n) is 1.38. The Morgan fingerprint density at radius 3 is 2.45 bits per heavy atom. The molecule has 1 aromatic rings. The number of aromatic carboxylic acids is 1. The molecular formula is C11H11Br2N3O4. The van der Waals surface area contributed by atoms with Crippen molar-refractivity contribution in [3.05, 3.63) is 26.6 Å². The summed E-state index contributed by atoms with van der Waals surface area (Å²) in [5.74, 6) is -1.86. The maximum atomic E-state index is 11.8. The third kappa shape index (κ3) is 4.20. The van der Waals surface area contributed by atoms with Crippen LogP contribution in [0.4, 0.5) is 10.5 Å². The summed E-state index contributed by atoms with van der Waals surface area (Å²) in [7, 11) is 1.37. The molecule has 7 nitrogen and oxygen atoms in total. The summed E-state index contributed by atoms with van der Waals surface area (Å²) >= 11 is 6.34. The van der Waals surface area contributed by atoms with Crippen LogP contribution in [-0.4, -0.2) is 41.5 Å². The van der Waals surface area contributed by atoms with Gasteiger partial charge in [0, 0.05) is 16.0 Å². The van der Waals surface area contributed by atoms with Gasteiger partial charge in [-0.05, 0) is 28.1 Å². The predicted molar refractivity (Wildman–Crippen MR) is 79.6 cm³/mol. The van der Waals surface area contributed by atoms with Crippen molar-refractivity contribution in [1.82, 2.24) is 4.90 Å². The maximum Gasteiger partial charge on any atom is 0.337 e. The van der Waals surface area contributed by atoms with Gasteiger partial charge in [0.1, 0.15) is 6.54 Å². The molecule has 0 atom stereocenters. The number of nitrogens with zero attached hydrogens (tertiary/aromatic N) is 1. The molecule has 0 unspecified atom stereocenters. The molecule has 3 amide bonds. The summed E-state index contributed by atoms with van der Waals surface area (Å²) in [4.78, 5) is 34.8. The van der Waals surface area contributed by atoms with Gasteiger partial charge in [0.05, 0.1) is 11.3 Å². The number of amides is 3. The fraction of sp³-hybridized carbons (Fsp3) is 0.182. The Balaban J connectivity index is 3.05. The standard InChI is InChI=1S/C11H11Br2N3O4/c1-16(4-8(14)17)11(20)15-9-6(10(18)19)2-5(12)3-7(9)13/h2-3H,4H2,1H3,(H2,14,17)(H,15,20)(H,18,19). The van der Waals surface area contributed by atoms with Gasteiger partial charge in [0.25, 0.3) is 0 Å². The summed E-state index contributed by atoms with van der Waals surface area (Å²) in [5, 5.41) is 11.6. The lowest BCUT2D eigenvalue weighted by Crippen LogP contribution is -2.38. The number of carbonyl (C=O) groups is 3. The van der Waals surface area contributed by atoms with Crippen molar-refractivity contribution in [2.45, 2.75) is 0 Å². The van der Waals surface area contributed by atoms with Crippen LogP contribution in [0, 0.1) is 0 Å². The quantitative estimate of drug-likeness (QED) is 0.705. The summed E-state index contributed by atoms with van der Waals surface area (Å²) in [6, 6.07) is 2.31. The van der Waals surface area contributed by atoms with Gasteiger partial charge in [-0.3, -0.25) is 4.79 Å². The molecule has 1 rings (SSSR count). The minimum atomic E-state index is -1.19. The zero-order valence-corrected chi connectivity index (χ0v) is 13.5. The Morgan fingerprint density at radius 1 is 1.35 bits per heavy atom. The van der Waals surface area contributed by atoms with E-state index < -0.39 is 17.9 Å². The second-order valence-electron chi connectivity index (χ2n) is 3.87. The molecule has 20 heavy (non-hydrogen) atoms. The number of likely N-dealkylation sites (N-methyl/N-ethyl adjacent to an activating group) is 1. The van der Waals surface area contributed by atoms with Crippen molar-refractivity contribution in [2.75, 3.05) is 18.9 Å². The first-order chi connectivity index (χ1) is 9.22. The lowest BCUT2D eigenvalue weighted by Gasteiger charge is -2.18. The number of benzene rings is 1. The molecule has 0 spiro atoms. The molecule has 9 heteroatoms. The minimum absolute atomic E-state index is 0.0907. The number of nitrogens with two attached hydrogens (primary N) is 1. The molecule has 0 fully saturated rings. The van der Waals surface area contributed by atoms with E-state index in [4.69, 9.17) is 10.8 Å². The van der Waals surface area contributed by atoms with Crippen molar-refractivity contribution in [1.29, 1.82) is 0 Å². The van der Waals surface area contributed by atoms with Crippen LogP contribution in [-0.2, 0) is 4.79 Å². The van der Waals surface area contributed by atoms with Crippen LogP contribution in [0.3, 0.4) is 0 Å². The van der Waals surface area contributed by atoms with Crippen molar-refractivity contribution < 1.29 is 19.5 Å². The van der Waals surface area contributed by atoms with E-state index in [1.54, 1.807) is 6.07 Å². The Morgan fingerprint density at radius 2 is 1.95 bits per heavy atom. The van der Waals surface area contributed by atoms with E-state index in [2.05, 4.69) is 37.2 Å². The van der Waals surface area contributed by atoms with E-state index in [0.29, 0.717) is 8.95 Å². The third-order valence-corrected chi connectivity index (χ3v) is 3.34. The van der Waals surface area contributed by atoms with Crippen LogP contribution in [0.25, 0.3) is 0 Å². The smallest absolute Gasteiger partial charge is 0.337 e. The van der Waals surface area contributed by atoms with Crippen molar-refractivity contribution in [3.63, 3.8) is 0 Å². The fourth-order valence-corrected chi connectivity index (χ4v) is 2.70. The number of primary amides is 1. The highest BCUT2D eigenvalue weighted by Crippen LogP contribution is 2.31. The Kier molecular flexibility index (Phi) is 5.52. The molecular weight excluding hydrogens is 398 g/mol. The molecule has 0 saturated carbocycles. The number of urea groups is 1. The number of anilines is 1.